The Morgan fingerprint density at radius 3 is 1.84 bits per heavy atom. The lowest BCUT2D eigenvalue weighted by atomic mass is 9.98. The fraction of sp³-hybridized carbons (Fsp3) is 0.375. The van der Waals surface area contributed by atoms with Crippen molar-refractivity contribution >= 4 is 18.0 Å². The van der Waals surface area contributed by atoms with E-state index in [1.54, 1.807) is 6.92 Å². The van der Waals surface area contributed by atoms with Crippen LogP contribution in [0.5, 0.6) is 0 Å². The molecular weight excluding hydrogens is 396 g/mol. The summed E-state index contributed by atoms with van der Waals surface area (Å²) in [5, 5.41) is 5.24. The zero-order valence-corrected chi connectivity index (χ0v) is 18.2. The minimum atomic E-state index is -0.857. The molecule has 0 aliphatic carbocycles. The van der Waals surface area contributed by atoms with E-state index in [0.717, 1.165) is 11.1 Å². The second-order valence-electron chi connectivity index (χ2n) is 7.39. The molecule has 0 aliphatic rings. The molecule has 2 aromatic carbocycles. The van der Waals surface area contributed by atoms with Crippen LogP contribution in [0.25, 0.3) is 0 Å². The Morgan fingerprint density at radius 2 is 1.32 bits per heavy atom. The molecule has 31 heavy (non-hydrogen) atoms. The van der Waals surface area contributed by atoms with Gasteiger partial charge in [-0.1, -0.05) is 80.9 Å². The quantitative estimate of drug-likeness (QED) is 0.567. The lowest BCUT2D eigenvalue weighted by molar-refractivity contribution is -0.148. The Bertz CT molecular complexity index is 842. The molecular formula is C24H30N2O5. The predicted molar refractivity (Wildman–Crippen MR) is 117 cm³/mol. The minimum absolute atomic E-state index is 0.101. The van der Waals surface area contributed by atoms with Crippen molar-refractivity contribution in [3.8, 4) is 0 Å². The maximum Gasteiger partial charge on any atom is 0.408 e. The normalized spacial score (nSPS) is 13.4. The van der Waals surface area contributed by atoms with Crippen LogP contribution in [0.15, 0.2) is 60.7 Å². The van der Waals surface area contributed by atoms with E-state index in [-0.39, 0.29) is 19.1 Å². The molecule has 0 radical (unpaired) electrons. The van der Waals surface area contributed by atoms with Crippen molar-refractivity contribution in [1.29, 1.82) is 0 Å². The van der Waals surface area contributed by atoms with E-state index in [1.807, 2.05) is 74.5 Å². The lowest BCUT2D eigenvalue weighted by Crippen LogP contribution is -2.53. The summed E-state index contributed by atoms with van der Waals surface area (Å²) < 4.78 is 10.5. The molecule has 0 saturated heterocycles. The topological polar surface area (TPSA) is 93.7 Å². The number of rotatable bonds is 10. The molecule has 0 saturated carbocycles. The number of hydrogen-bond acceptors (Lipinski definition) is 5. The highest BCUT2D eigenvalue weighted by Crippen LogP contribution is 2.10. The third kappa shape index (κ3) is 8.12. The zero-order valence-electron chi connectivity index (χ0n) is 18.2. The van der Waals surface area contributed by atoms with Crippen molar-refractivity contribution in [3.63, 3.8) is 0 Å². The fourth-order valence-electron chi connectivity index (χ4n) is 2.81. The molecule has 2 rings (SSSR count). The first kappa shape index (κ1) is 23.9. The van der Waals surface area contributed by atoms with Crippen molar-refractivity contribution in [2.45, 2.75) is 52.5 Å². The summed E-state index contributed by atoms with van der Waals surface area (Å²) >= 11 is 0. The van der Waals surface area contributed by atoms with Crippen LogP contribution in [0.2, 0.25) is 0 Å². The third-order valence-electron chi connectivity index (χ3n) is 4.92. The molecule has 0 unspecified atom stereocenters. The fourth-order valence-corrected chi connectivity index (χ4v) is 2.81. The summed E-state index contributed by atoms with van der Waals surface area (Å²) in [6, 6.07) is 16.9. The van der Waals surface area contributed by atoms with Crippen LogP contribution in [0.3, 0.4) is 0 Å². The van der Waals surface area contributed by atoms with Gasteiger partial charge in [0.1, 0.15) is 25.3 Å². The van der Waals surface area contributed by atoms with E-state index in [0.29, 0.717) is 6.42 Å². The van der Waals surface area contributed by atoms with Gasteiger partial charge < -0.3 is 20.1 Å². The van der Waals surface area contributed by atoms with Gasteiger partial charge in [-0.2, -0.15) is 0 Å². The van der Waals surface area contributed by atoms with Gasteiger partial charge in [0.15, 0.2) is 0 Å². The summed E-state index contributed by atoms with van der Waals surface area (Å²) in [5.74, 6) is -1.17. The van der Waals surface area contributed by atoms with Crippen molar-refractivity contribution in [2.75, 3.05) is 0 Å². The molecule has 0 aliphatic heterocycles. The van der Waals surface area contributed by atoms with E-state index < -0.39 is 30.1 Å². The summed E-state index contributed by atoms with van der Waals surface area (Å²) in [5.41, 5.74) is 1.70. The maximum atomic E-state index is 12.8. The summed E-state index contributed by atoms with van der Waals surface area (Å²) in [7, 11) is 0. The number of hydrogen-bond donors (Lipinski definition) is 2. The molecule has 0 fully saturated rings. The first-order valence-corrected chi connectivity index (χ1v) is 10.4. The molecule has 0 heterocycles. The standard InChI is InChI=1S/C24H30N2O5/c1-4-17(2)21(26-24(29)31-16-20-13-9-6-10-14-20)22(27)25-18(3)23(28)30-15-19-11-7-5-8-12-19/h5-14,17-18,21H,4,15-16H2,1-3H3,(H,25,27)(H,26,29)/t17-,18-,21-/m0/s1. The van der Waals surface area contributed by atoms with Crippen LogP contribution in [0.1, 0.15) is 38.3 Å². The SMILES string of the molecule is CC[C@H](C)[C@H](NC(=O)OCc1ccccc1)C(=O)N[C@@H](C)C(=O)OCc1ccccc1. The molecule has 2 N–H and O–H groups in total. The van der Waals surface area contributed by atoms with Gasteiger partial charge in [-0.25, -0.2) is 9.59 Å². The van der Waals surface area contributed by atoms with Gasteiger partial charge in [0.2, 0.25) is 5.91 Å². The smallest absolute Gasteiger partial charge is 0.408 e. The van der Waals surface area contributed by atoms with Crippen molar-refractivity contribution in [3.05, 3.63) is 71.8 Å². The summed E-state index contributed by atoms with van der Waals surface area (Å²) in [6.45, 7) is 5.54. The maximum absolute atomic E-state index is 12.8. The van der Waals surface area contributed by atoms with Crippen LogP contribution in [-0.4, -0.2) is 30.1 Å². The highest BCUT2D eigenvalue weighted by atomic mass is 16.5. The third-order valence-corrected chi connectivity index (χ3v) is 4.92. The van der Waals surface area contributed by atoms with Crippen LogP contribution in [0, 0.1) is 5.92 Å². The zero-order chi connectivity index (χ0) is 22.6. The van der Waals surface area contributed by atoms with Gasteiger partial charge >= 0.3 is 12.1 Å². The van der Waals surface area contributed by atoms with Gasteiger partial charge in [0, 0.05) is 0 Å². The lowest BCUT2D eigenvalue weighted by Gasteiger charge is -2.24. The second kappa shape index (κ2) is 12.4. The highest BCUT2D eigenvalue weighted by molar-refractivity contribution is 5.89. The Kier molecular flexibility index (Phi) is 9.55. The van der Waals surface area contributed by atoms with Gasteiger partial charge in [-0.05, 0) is 24.0 Å². The minimum Gasteiger partial charge on any atom is -0.459 e. The molecule has 2 amide bonds. The molecule has 166 valence electrons. The van der Waals surface area contributed by atoms with E-state index >= 15 is 0 Å². The van der Waals surface area contributed by atoms with E-state index in [2.05, 4.69) is 10.6 Å². The number of alkyl carbamates (subject to hydrolysis) is 1. The number of carbonyl (C=O) groups excluding carboxylic acids is 3. The van der Waals surface area contributed by atoms with Crippen molar-refractivity contribution < 1.29 is 23.9 Å². The van der Waals surface area contributed by atoms with Crippen LogP contribution < -0.4 is 10.6 Å². The van der Waals surface area contributed by atoms with E-state index in [4.69, 9.17) is 9.47 Å². The average Bonchev–Trinajstić information content (AvgIpc) is 2.80. The number of nitrogens with one attached hydrogen (secondary N) is 2. The second-order valence-corrected chi connectivity index (χ2v) is 7.39. The van der Waals surface area contributed by atoms with Gasteiger partial charge in [-0.15, -0.1) is 0 Å². The number of ether oxygens (including phenoxy) is 2. The van der Waals surface area contributed by atoms with Crippen molar-refractivity contribution in [2.24, 2.45) is 5.92 Å². The Balaban J connectivity index is 1.87. The van der Waals surface area contributed by atoms with Gasteiger partial charge in [0.05, 0.1) is 0 Å². The monoisotopic (exact) mass is 426 g/mol. The number of amides is 2. The molecule has 3 atom stereocenters. The van der Waals surface area contributed by atoms with Crippen molar-refractivity contribution in [1.82, 2.24) is 10.6 Å². The number of carbonyl (C=O) groups is 3. The Labute approximate surface area is 183 Å². The number of esters is 1. The molecule has 2 aromatic rings. The highest BCUT2D eigenvalue weighted by Gasteiger charge is 2.29. The van der Waals surface area contributed by atoms with Gasteiger partial charge in [-0.3, -0.25) is 4.79 Å². The predicted octanol–water partition coefficient (Wildman–Crippen LogP) is 3.58. The summed E-state index contributed by atoms with van der Waals surface area (Å²) in [6.07, 6.45) is -0.0345. The average molecular weight is 427 g/mol. The molecule has 0 aromatic heterocycles. The van der Waals surface area contributed by atoms with Crippen LogP contribution in [-0.2, 0) is 32.3 Å². The largest absolute Gasteiger partial charge is 0.459 e. The van der Waals surface area contributed by atoms with E-state index in [1.165, 1.54) is 0 Å². The summed E-state index contributed by atoms with van der Waals surface area (Å²) in [4.78, 5) is 37.2. The molecule has 7 heteroatoms. The van der Waals surface area contributed by atoms with Crippen LogP contribution in [0.4, 0.5) is 4.79 Å². The Morgan fingerprint density at radius 1 is 0.806 bits per heavy atom. The van der Waals surface area contributed by atoms with E-state index in [9.17, 15) is 14.4 Å². The number of benzene rings is 2. The molecule has 0 bridgehead atoms. The van der Waals surface area contributed by atoms with Gasteiger partial charge in [0.25, 0.3) is 0 Å². The first-order valence-electron chi connectivity index (χ1n) is 10.4. The molecule has 0 spiro atoms. The first-order chi connectivity index (χ1) is 14.9. The van der Waals surface area contributed by atoms with Crippen LogP contribution >= 0.6 is 0 Å². The molecule has 7 nitrogen and oxygen atoms in total. The Hall–Kier alpha value is -3.35.